The molecule has 3 rings (SSSR count). The molecule has 0 saturated heterocycles. The molecule has 0 fully saturated rings. The number of carbonyl (C=O) groups is 1. The first-order valence-electron chi connectivity index (χ1n) is 7.80. The maximum atomic E-state index is 12.1. The molecule has 2 N–H and O–H groups in total. The number of nitrogens with one attached hydrogen (secondary N) is 2. The summed E-state index contributed by atoms with van der Waals surface area (Å²) in [4.78, 5) is 12.1. The maximum absolute atomic E-state index is 12.1. The van der Waals surface area contributed by atoms with Gasteiger partial charge in [-0.2, -0.15) is 5.26 Å². The second kappa shape index (κ2) is 7.88. The molecule has 25 heavy (non-hydrogen) atoms. The van der Waals surface area contributed by atoms with E-state index in [2.05, 4.69) is 10.6 Å². The normalized spacial score (nSPS) is 12.4. The van der Waals surface area contributed by atoms with Gasteiger partial charge < -0.3 is 20.1 Å². The van der Waals surface area contributed by atoms with Crippen LogP contribution in [-0.2, 0) is 17.9 Å². The van der Waals surface area contributed by atoms with E-state index in [0.717, 1.165) is 11.1 Å². The van der Waals surface area contributed by atoms with Gasteiger partial charge in [-0.15, -0.1) is 0 Å². The Hall–Kier alpha value is -3.46. The molecule has 1 aliphatic heterocycles. The highest BCUT2D eigenvalue weighted by molar-refractivity contribution is 5.97. The van der Waals surface area contributed by atoms with Crippen molar-refractivity contribution >= 4 is 5.91 Å². The standard InChI is InChI=1S/C19H17N3O3/c20-9-16(12-21-10-14-4-2-1-3-5-14)19(23)22-11-15-6-7-17-18(8-15)25-13-24-17/h1-8,12,21H,10-11,13H2,(H,22,23)/b16-12-. The molecule has 1 aliphatic rings. The average molecular weight is 335 g/mol. The molecule has 0 saturated carbocycles. The fourth-order valence-corrected chi connectivity index (χ4v) is 2.34. The van der Waals surface area contributed by atoms with Crippen LogP contribution < -0.4 is 20.1 Å². The van der Waals surface area contributed by atoms with Crippen LogP contribution in [0.5, 0.6) is 11.5 Å². The first-order valence-corrected chi connectivity index (χ1v) is 7.80. The zero-order valence-electron chi connectivity index (χ0n) is 13.5. The Balaban J connectivity index is 1.53. The van der Waals surface area contributed by atoms with Gasteiger partial charge in [0.15, 0.2) is 11.5 Å². The van der Waals surface area contributed by atoms with E-state index >= 15 is 0 Å². The first-order chi connectivity index (χ1) is 12.3. The fourth-order valence-electron chi connectivity index (χ4n) is 2.34. The van der Waals surface area contributed by atoms with Crippen LogP contribution >= 0.6 is 0 Å². The van der Waals surface area contributed by atoms with Crippen LogP contribution in [0.3, 0.4) is 0 Å². The van der Waals surface area contributed by atoms with Crippen molar-refractivity contribution in [2.24, 2.45) is 0 Å². The molecule has 1 amide bonds. The molecule has 1 heterocycles. The molecule has 2 aromatic carbocycles. The molecule has 0 atom stereocenters. The molecular weight excluding hydrogens is 318 g/mol. The quantitative estimate of drug-likeness (QED) is 0.625. The van der Waals surface area contributed by atoms with Crippen molar-refractivity contribution in [3.63, 3.8) is 0 Å². The van der Waals surface area contributed by atoms with Crippen LogP contribution in [0.2, 0.25) is 0 Å². The smallest absolute Gasteiger partial charge is 0.263 e. The summed E-state index contributed by atoms with van der Waals surface area (Å²) in [6.07, 6.45) is 1.43. The molecule has 0 aromatic heterocycles. The highest BCUT2D eigenvalue weighted by Crippen LogP contribution is 2.32. The van der Waals surface area contributed by atoms with E-state index in [9.17, 15) is 4.79 Å². The first kappa shape index (κ1) is 16.4. The summed E-state index contributed by atoms with van der Waals surface area (Å²) >= 11 is 0. The Labute approximate surface area is 145 Å². The van der Waals surface area contributed by atoms with Crippen LogP contribution in [0, 0.1) is 11.3 Å². The second-order valence-corrected chi connectivity index (χ2v) is 5.41. The molecule has 6 nitrogen and oxygen atoms in total. The fraction of sp³-hybridized carbons (Fsp3) is 0.158. The van der Waals surface area contributed by atoms with Crippen molar-refractivity contribution in [1.29, 1.82) is 5.26 Å². The lowest BCUT2D eigenvalue weighted by atomic mass is 10.2. The Kier molecular flexibility index (Phi) is 5.17. The van der Waals surface area contributed by atoms with Gasteiger partial charge in [-0.25, -0.2) is 0 Å². The molecule has 126 valence electrons. The summed E-state index contributed by atoms with van der Waals surface area (Å²) < 4.78 is 10.5. The molecule has 0 bridgehead atoms. The number of hydrogen-bond donors (Lipinski definition) is 2. The Bertz CT molecular complexity index is 826. The van der Waals surface area contributed by atoms with Crippen LogP contribution in [0.1, 0.15) is 11.1 Å². The number of ether oxygens (including phenoxy) is 2. The van der Waals surface area contributed by atoms with E-state index in [1.807, 2.05) is 48.5 Å². The molecule has 0 spiro atoms. The summed E-state index contributed by atoms with van der Waals surface area (Å²) in [6, 6.07) is 17.1. The van der Waals surface area contributed by atoms with Crippen LogP contribution in [0.15, 0.2) is 60.3 Å². The van der Waals surface area contributed by atoms with Gasteiger partial charge in [-0.05, 0) is 23.3 Å². The van der Waals surface area contributed by atoms with E-state index < -0.39 is 5.91 Å². The van der Waals surface area contributed by atoms with Crippen LogP contribution in [0.25, 0.3) is 0 Å². The van der Waals surface area contributed by atoms with Gasteiger partial charge in [0.25, 0.3) is 5.91 Å². The summed E-state index contributed by atoms with van der Waals surface area (Å²) in [5.74, 6) is 0.922. The van der Waals surface area contributed by atoms with Crippen molar-refractivity contribution in [3.05, 3.63) is 71.4 Å². The number of amides is 1. The zero-order chi connectivity index (χ0) is 17.5. The number of hydrogen-bond acceptors (Lipinski definition) is 5. The van der Waals surface area contributed by atoms with Gasteiger partial charge in [0, 0.05) is 19.3 Å². The van der Waals surface area contributed by atoms with Gasteiger partial charge in [0.1, 0.15) is 11.6 Å². The predicted octanol–water partition coefficient (Wildman–Crippen LogP) is 2.23. The van der Waals surface area contributed by atoms with Gasteiger partial charge in [0.05, 0.1) is 0 Å². The van der Waals surface area contributed by atoms with Crippen molar-refractivity contribution in [1.82, 2.24) is 10.6 Å². The summed E-state index contributed by atoms with van der Waals surface area (Å²) in [5, 5.41) is 14.9. The third-order valence-electron chi connectivity index (χ3n) is 3.65. The Morgan fingerprint density at radius 2 is 1.88 bits per heavy atom. The summed E-state index contributed by atoms with van der Waals surface area (Å²) in [5.41, 5.74) is 1.96. The number of nitriles is 1. The molecule has 0 unspecified atom stereocenters. The monoisotopic (exact) mass is 335 g/mol. The third-order valence-corrected chi connectivity index (χ3v) is 3.65. The Morgan fingerprint density at radius 1 is 1.08 bits per heavy atom. The second-order valence-electron chi connectivity index (χ2n) is 5.41. The van der Waals surface area contributed by atoms with Crippen molar-refractivity contribution in [3.8, 4) is 17.6 Å². The zero-order valence-corrected chi connectivity index (χ0v) is 13.5. The molecular formula is C19H17N3O3. The number of nitrogens with zero attached hydrogens (tertiary/aromatic N) is 1. The van der Waals surface area contributed by atoms with Crippen molar-refractivity contribution in [2.45, 2.75) is 13.1 Å². The molecule has 0 aliphatic carbocycles. The largest absolute Gasteiger partial charge is 0.454 e. The number of fused-ring (bicyclic) bond motifs is 1. The third kappa shape index (κ3) is 4.30. The lowest BCUT2D eigenvalue weighted by Crippen LogP contribution is -2.25. The summed E-state index contributed by atoms with van der Waals surface area (Å²) in [6.45, 7) is 1.05. The number of rotatable bonds is 6. The van der Waals surface area contributed by atoms with Crippen molar-refractivity contribution in [2.75, 3.05) is 6.79 Å². The van der Waals surface area contributed by atoms with Gasteiger partial charge >= 0.3 is 0 Å². The van der Waals surface area contributed by atoms with E-state index in [1.54, 1.807) is 6.07 Å². The maximum Gasteiger partial charge on any atom is 0.263 e. The highest BCUT2D eigenvalue weighted by atomic mass is 16.7. The SMILES string of the molecule is N#C/C(=C/NCc1ccccc1)C(=O)NCc1ccc2c(c1)OCO2. The molecule has 2 aromatic rings. The van der Waals surface area contributed by atoms with Gasteiger partial charge in [-0.1, -0.05) is 36.4 Å². The lowest BCUT2D eigenvalue weighted by molar-refractivity contribution is -0.117. The van der Waals surface area contributed by atoms with Gasteiger partial charge in [0.2, 0.25) is 6.79 Å². The van der Waals surface area contributed by atoms with Crippen molar-refractivity contribution < 1.29 is 14.3 Å². The van der Waals surface area contributed by atoms with E-state index in [0.29, 0.717) is 24.6 Å². The highest BCUT2D eigenvalue weighted by Gasteiger charge is 2.14. The van der Waals surface area contributed by atoms with Gasteiger partial charge in [-0.3, -0.25) is 4.79 Å². The number of carbonyl (C=O) groups excluding carboxylic acids is 1. The molecule has 0 radical (unpaired) electrons. The minimum atomic E-state index is -0.430. The van der Waals surface area contributed by atoms with E-state index in [4.69, 9.17) is 14.7 Å². The molecule has 6 heteroatoms. The minimum Gasteiger partial charge on any atom is -0.454 e. The van der Waals surface area contributed by atoms with Crippen LogP contribution in [0.4, 0.5) is 0 Å². The average Bonchev–Trinajstić information content (AvgIpc) is 3.12. The Morgan fingerprint density at radius 3 is 2.68 bits per heavy atom. The topological polar surface area (TPSA) is 83.4 Å². The summed E-state index contributed by atoms with van der Waals surface area (Å²) in [7, 11) is 0. The lowest BCUT2D eigenvalue weighted by Gasteiger charge is -2.06. The van der Waals surface area contributed by atoms with E-state index in [1.165, 1.54) is 6.20 Å². The minimum absolute atomic E-state index is 0.0247. The number of benzene rings is 2. The van der Waals surface area contributed by atoms with Crippen LogP contribution in [-0.4, -0.2) is 12.7 Å². The predicted molar refractivity (Wildman–Crippen MR) is 91.4 cm³/mol. The van der Waals surface area contributed by atoms with E-state index in [-0.39, 0.29) is 12.4 Å².